The summed E-state index contributed by atoms with van der Waals surface area (Å²) in [5, 5.41) is 12.0. The number of benzene rings is 1. The summed E-state index contributed by atoms with van der Waals surface area (Å²) in [6, 6.07) is 6.06. The fraction of sp³-hybridized carbons (Fsp3) is 0.500. The Morgan fingerprint density at radius 2 is 1.61 bits per heavy atom. The van der Waals surface area contributed by atoms with Gasteiger partial charge >= 0.3 is 5.97 Å². The number of anilines is 1. The highest BCUT2D eigenvalue weighted by atomic mass is 32.2. The third kappa shape index (κ3) is 4.44. The smallest absolute Gasteiger partial charge is 0.307 e. The van der Waals surface area contributed by atoms with Crippen LogP contribution in [0.3, 0.4) is 0 Å². The lowest BCUT2D eigenvalue weighted by Crippen LogP contribution is -2.37. The summed E-state index contributed by atoms with van der Waals surface area (Å²) >= 11 is 0. The number of nitrogens with one attached hydrogen (secondary N) is 1. The SMILES string of the molecule is CC1CCN(S(=O)(=O)c2ccc(NC(=O)[C@H]3CC=CC[C@H]3C(=O)O)cc2)CC1. The number of nitrogens with zero attached hydrogens (tertiary/aromatic N) is 1. The lowest BCUT2D eigenvalue weighted by molar-refractivity contribution is -0.146. The predicted molar refractivity (Wildman–Crippen MR) is 105 cm³/mol. The van der Waals surface area contributed by atoms with Gasteiger partial charge in [-0.3, -0.25) is 9.59 Å². The zero-order chi connectivity index (χ0) is 20.3. The van der Waals surface area contributed by atoms with Crippen molar-refractivity contribution in [3.05, 3.63) is 36.4 Å². The van der Waals surface area contributed by atoms with Crippen LogP contribution in [0.1, 0.15) is 32.6 Å². The van der Waals surface area contributed by atoms with Crippen LogP contribution in [0.4, 0.5) is 5.69 Å². The second kappa shape index (κ2) is 8.45. The molecule has 152 valence electrons. The largest absolute Gasteiger partial charge is 0.481 e. The first-order valence-corrected chi connectivity index (χ1v) is 11.0. The number of hydrogen-bond donors (Lipinski definition) is 2. The quantitative estimate of drug-likeness (QED) is 0.732. The molecule has 0 spiro atoms. The van der Waals surface area contributed by atoms with E-state index in [-0.39, 0.29) is 10.8 Å². The number of rotatable bonds is 5. The third-order valence-corrected chi connectivity index (χ3v) is 7.50. The molecule has 0 aromatic heterocycles. The summed E-state index contributed by atoms with van der Waals surface area (Å²) in [4.78, 5) is 24.1. The van der Waals surface area contributed by atoms with Gasteiger partial charge in [-0.2, -0.15) is 4.31 Å². The van der Waals surface area contributed by atoms with Gasteiger partial charge in [0.1, 0.15) is 0 Å². The molecule has 1 amide bonds. The number of carboxylic acids is 1. The Bertz CT molecular complexity index is 855. The summed E-state index contributed by atoms with van der Waals surface area (Å²) in [5.74, 6) is -2.19. The van der Waals surface area contributed by atoms with E-state index in [0.29, 0.717) is 37.5 Å². The second-order valence-corrected chi connectivity index (χ2v) is 9.53. The Labute approximate surface area is 165 Å². The van der Waals surface area contributed by atoms with Gasteiger partial charge in [0.15, 0.2) is 0 Å². The number of amides is 1. The van der Waals surface area contributed by atoms with Crippen molar-refractivity contribution in [1.29, 1.82) is 0 Å². The second-order valence-electron chi connectivity index (χ2n) is 7.59. The average Bonchev–Trinajstić information content (AvgIpc) is 2.68. The molecular weight excluding hydrogens is 380 g/mol. The minimum Gasteiger partial charge on any atom is -0.481 e. The zero-order valence-corrected chi connectivity index (χ0v) is 16.7. The summed E-state index contributed by atoms with van der Waals surface area (Å²) < 4.78 is 27.0. The van der Waals surface area contributed by atoms with E-state index in [9.17, 15) is 23.1 Å². The molecule has 2 atom stereocenters. The molecule has 1 fully saturated rings. The number of sulfonamides is 1. The first-order valence-electron chi connectivity index (χ1n) is 9.58. The van der Waals surface area contributed by atoms with E-state index in [0.717, 1.165) is 12.8 Å². The normalized spacial score (nSPS) is 24.0. The van der Waals surface area contributed by atoms with Crippen LogP contribution in [0.2, 0.25) is 0 Å². The number of hydrogen-bond acceptors (Lipinski definition) is 4. The number of piperidine rings is 1. The molecule has 1 aliphatic heterocycles. The van der Waals surface area contributed by atoms with Crippen molar-refractivity contribution >= 4 is 27.6 Å². The summed E-state index contributed by atoms with van der Waals surface area (Å²) in [5.41, 5.74) is 0.454. The minimum absolute atomic E-state index is 0.198. The van der Waals surface area contributed by atoms with Crippen LogP contribution in [-0.2, 0) is 19.6 Å². The van der Waals surface area contributed by atoms with Crippen molar-refractivity contribution in [2.75, 3.05) is 18.4 Å². The average molecular weight is 407 g/mol. The Balaban J connectivity index is 1.68. The molecule has 1 aromatic rings. The number of allylic oxidation sites excluding steroid dienone is 2. The van der Waals surface area contributed by atoms with Crippen LogP contribution in [0.15, 0.2) is 41.3 Å². The molecule has 0 bridgehead atoms. The van der Waals surface area contributed by atoms with Gasteiger partial charge in [0.05, 0.1) is 16.7 Å². The topological polar surface area (TPSA) is 104 Å². The van der Waals surface area contributed by atoms with Crippen LogP contribution < -0.4 is 5.32 Å². The third-order valence-electron chi connectivity index (χ3n) is 5.59. The zero-order valence-electron chi connectivity index (χ0n) is 15.9. The van der Waals surface area contributed by atoms with Gasteiger partial charge in [-0.05, 0) is 55.9 Å². The molecule has 7 nitrogen and oxygen atoms in total. The van der Waals surface area contributed by atoms with E-state index >= 15 is 0 Å². The fourth-order valence-electron chi connectivity index (χ4n) is 3.70. The van der Waals surface area contributed by atoms with Gasteiger partial charge in [-0.1, -0.05) is 19.1 Å². The molecule has 1 heterocycles. The highest BCUT2D eigenvalue weighted by molar-refractivity contribution is 7.89. The molecule has 1 aliphatic carbocycles. The van der Waals surface area contributed by atoms with Gasteiger partial charge in [0.2, 0.25) is 15.9 Å². The number of carbonyl (C=O) groups excluding carboxylic acids is 1. The molecule has 2 N–H and O–H groups in total. The van der Waals surface area contributed by atoms with E-state index < -0.39 is 27.8 Å². The molecule has 0 radical (unpaired) electrons. The molecule has 8 heteroatoms. The van der Waals surface area contributed by atoms with E-state index in [1.165, 1.54) is 16.4 Å². The van der Waals surface area contributed by atoms with Crippen LogP contribution >= 0.6 is 0 Å². The molecule has 1 aromatic carbocycles. The monoisotopic (exact) mass is 406 g/mol. The highest BCUT2D eigenvalue weighted by Gasteiger charge is 2.34. The van der Waals surface area contributed by atoms with Crippen LogP contribution in [0, 0.1) is 17.8 Å². The van der Waals surface area contributed by atoms with Gasteiger partial charge in [-0.25, -0.2) is 8.42 Å². The number of aliphatic carboxylic acids is 1. The maximum Gasteiger partial charge on any atom is 0.307 e. The summed E-state index contributed by atoms with van der Waals surface area (Å²) in [7, 11) is -3.54. The standard InChI is InChI=1S/C20H26N2O5S/c1-14-10-12-22(13-11-14)28(26,27)16-8-6-15(7-9-16)21-19(23)17-4-2-3-5-18(17)20(24)25/h2-3,6-9,14,17-18H,4-5,10-13H2,1H3,(H,21,23)(H,24,25)/t17-,18+/m0/s1. The van der Waals surface area contributed by atoms with E-state index in [1.54, 1.807) is 18.2 Å². The lowest BCUT2D eigenvalue weighted by Gasteiger charge is -2.29. The molecule has 2 aliphatic rings. The summed E-state index contributed by atoms with van der Waals surface area (Å²) in [6.07, 6.45) is 6.02. The first kappa shape index (κ1) is 20.5. The van der Waals surface area contributed by atoms with Crippen molar-refractivity contribution in [2.45, 2.75) is 37.5 Å². The minimum atomic E-state index is -3.54. The molecule has 3 rings (SSSR count). The Kier molecular flexibility index (Phi) is 6.20. The van der Waals surface area contributed by atoms with Gasteiger partial charge in [-0.15, -0.1) is 0 Å². The molecular formula is C20H26N2O5S. The molecule has 1 saturated heterocycles. The maximum absolute atomic E-state index is 12.8. The van der Waals surface area contributed by atoms with E-state index in [2.05, 4.69) is 12.2 Å². The van der Waals surface area contributed by atoms with Crippen molar-refractivity contribution in [3.63, 3.8) is 0 Å². The van der Waals surface area contributed by atoms with E-state index in [1.807, 2.05) is 6.08 Å². The Morgan fingerprint density at radius 1 is 1.04 bits per heavy atom. The van der Waals surface area contributed by atoms with Gasteiger partial charge in [0.25, 0.3) is 0 Å². The lowest BCUT2D eigenvalue weighted by atomic mass is 9.82. The van der Waals surface area contributed by atoms with Crippen molar-refractivity contribution in [2.24, 2.45) is 17.8 Å². The number of carboxylic acid groups (broad SMARTS) is 1. The van der Waals surface area contributed by atoms with Crippen LogP contribution in [0.25, 0.3) is 0 Å². The van der Waals surface area contributed by atoms with Crippen molar-refractivity contribution in [3.8, 4) is 0 Å². The first-order chi connectivity index (χ1) is 13.3. The predicted octanol–water partition coefficient (Wildman–Crippen LogP) is 2.71. The Morgan fingerprint density at radius 3 is 2.18 bits per heavy atom. The van der Waals surface area contributed by atoms with Crippen LogP contribution in [-0.4, -0.2) is 42.8 Å². The maximum atomic E-state index is 12.8. The van der Waals surface area contributed by atoms with Crippen LogP contribution in [0.5, 0.6) is 0 Å². The summed E-state index contributed by atoms with van der Waals surface area (Å²) in [6.45, 7) is 3.17. The molecule has 0 saturated carbocycles. The molecule has 28 heavy (non-hydrogen) atoms. The van der Waals surface area contributed by atoms with Crippen molar-refractivity contribution in [1.82, 2.24) is 4.31 Å². The fourth-order valence-corrected chi connectivity index (χ4v) is 5.17. The van der Waals surface area contributed by atoms with Gasteiger partial charge in [0, 0.05) is 18.8 Å². The van der Waals surface area contributed by atoms with Gasteiger partial charge < -0.3 is 10.4 Å². The highest BCUT2D eigenvalue weighted by Crippen LogP contribution is 2.28. The Hall–Kier alpha value is -2.19. The van der Waals surface area contributed by atoms with Crippen molar-refractivity contribution < 1.29 is 23.1 Å². The van der Waals surface area contributed by atoms with E-state index in [4.69, 9.17) is 0 Å². The number of carbonyl (C=O) groups is 2. The molecule has 0 unspecified atom stereocenters.